The van der Waals surface area contributed by atoms with Crippen molar-refractivity contribution in [2.75, 3.05) is 0 Å². The molecule has 1 aromatic rings. The largest absolute Gasteiger partial charge is 0.307 e. The van der Waals surface area contributed by atoms with Gasteiger partial charge in [0.15, 0.2) is 0 Å². The van der Waals surface area contributed by atoms with Crippen LogP contribution in [0.5, 0.6) is 0 Å². The number of nitrogens with one attached hydrogen (secondary N) is 1. The number of benzene rings is 1. The average molecular weight is 243 g/mol. The minimum Gasteiger partial charge on any atom is -0.307 e. The van der Waals surface area contributed by atoms with Gasteiger partial charge in [-0.3, -0.25) is 0 Å². The molecule has 0 amide bonds. The fraction of sp³-hybridized carbons (Fsp3) is 0.647. The van der Waals surface area contributed by atoms with Crippen LogP contribution >= 0.6 is 0 Å². The molecule has 1 atom stereocenters. The van der Waals surface area contributed by atoms with Crippen molar-refractivity contribution in [1.82, 2.24) is 5.32 Å². The van der Waals surface area contributed by atoms with Gasteiger partial charge in [-0.25, -0.2) is 0 Å². The smallest absolute Gasteiger partial charge is 0.0328 e. The molecule has 1 saturated carbocycles. The Bertz CT molecular complexity index is 390. The normalized spacial score (nSPS) is 31.3. The van der Waals surface area contributed by atoms with Crippen LogP contribution in [0.2, 0.25) is 0 Å². The van der Waals surface area contributed by atoms with E-state index in [0.717, 1.165) is 12.0 Å². The van der Waals surface area contributed by atoms with Gasteiger partial charge >= 0.3 is 0 Å². The van der Waals surface area contributed by atoms with Gasteiger partial charge in [0.2, 0.25) is 0 Å². The Morgan fingerprint density at radius 2 is 1.83 bits per heavy atom. The highest BCUT2D eigenvalue weighted by Crippen LogP contribution is 2.33. The van der Waals surface area contributed by atoms with E-state index >= 15 is 0 Å². The zero-order chi connectivity index (χ0) is 12.4. The molecule has 1 fully saturated rings. The summed E-state index contributed by atoms with van der Waals surface area (Å²) in [4.78, 5) is 0. The molecule has 2 aliphatic rings. The van der Waals surface area contributed by atoms with Crippen LogP contribution in [0.15, 0.2) is 24.3 Å². The molecule has 1 N–H and O–H groups in total. The first-order chi connectivity index (χ1) is 8.86. The lowest BCUT2D eigenvalue weighted by Crippen LogP contribution is -2.35. The maximum atomic E-state index is 3.92. The Morgan fingerprint density at radius 1 is 1.06 bits per heavy atom. The Balaban J connectivity index is 1.59. The van der Waals surface area contributed by atoms with Gasteiger partial charge in [-0.2, -0.15) is 0 Å². The van der Waals surface area contributed by atoms with Crippen molar-refractivity contribution in [1.29, 1.82) is 0 Å². The summed E-state index contributed by atoms with van der Waals surface area (Å²) < 4.78 is 0. The van der Waals surface area contributed by atoms with Gasteiger partial charge in [-0.15, -0.1) is 0 Å². The minimum absolute atomic E-state index is 0.629. The fourth-order valence-electron chi connectivity index (χ4n) is 3.75. The lowest BCUT2D eigenvalue weighted by molar-refractivity contribution is 0.269. The topological polar surface area (TPSA) is 12.0 Å². The second-order valence-electron chi connectivity index (χ2n) is 6.08. The van der Waals surface area contributed by atoms with E-state index in [-0.39, 0.29) is 0 Å². The zero-order valence-electron chi connectivity index (χ0n) is 11.5. The highest BCUT2D eigenvalue weighted by Gasteiger charge is 2.26. The van der Waals surface area contributed by atoms with Gasteiger partial charge in [0.25, 0.3) is 0 Å². The van der Waals surface area contributed by atoms with Gasteiger partial charge in [-0.1, -0.05) is 37.6 Å². The van der Waals surface area contributed by atoms with Crippen molar-refractivity contribution in [2.45, 2.75) is 64.0 Å². The first kappa shape index (κ1) is 12.2. The van der Waals surface area contributed by atoms with Crippen molar-refractivity contribution in [3.05, 3.63) is 35.4 Å². The first-order valence-corrected chi connectivity index (χ1v) is 7.70. The molecule has 0 spiro atoms. The van der Waals surface area contributed by atoms with Crippen LogP contribution in [0.1, 0.15) is 62.6 Å². The molecule has 3 rings (SSSR count). The Kier molecular flexibility index (Phi) is 3.69. The van der Waals surface area contributed by atoms with E-state index < -0.39 is 0 Å². The Hall–Kier alpha value is -0.820. The molecule has 18 heavy (non-hydrogen) atoms. The predicted molar refractivity (Wildman–Crippen MR) is 76.7 cm³/mol. The summed E-state index contributed by atoms with van der Waals surface area (Å²) in [5.41, 5.74) is 3.13. The van der Waals surface area contributed by atoms with Gasteiger partial charge in [0.05, 0.1) is 0 Å². The third kappa shape index (κ3) is 2.47. The zero-order valence-corrected chi connectivity index (χ0v) is 11.5. The number of aryl methyl sites for hydroxylation is 1. The molecular weight excluding hydrogens is 218 g/mol. The molecule has 1 heteroatoms. The summed E-state index contributed by atoms with van der Waals surface area (Å²) in [5.74, 6) is 0.999. The summed E-state index contributed by atoms with van der Waals surface area (Å²) in [5, 5.41) is 3.92. The molecule has 1 aromatic carbocycles. The van der Waals surface area contributed by atoms with E-state index in [4.69, 9.17) is 0 Å². The molecule has 0 radical (unpaired) electrons. The lowest BCUT2D eigenvalue weighted by atomic mass is 9.84. The van der Waals surface area contributed by atoms with Gasteiger partial charge in [-0.05, 0) is 55.6 Å². The minimum atomic E-state index is 0.629. The molecule has 0 heterocycles. The second kappa shape index (κ2) is 5.44. The molecule has 1 unspecified atom stereocenters. The van der Waals surface area contributed by atoms with Crippen LogP contribution in [0.25, 0.3) is 0 Å². The highest BCUT2D eigenvalue weighted by atomic mass is 15.0. The molecular formula is C17H25N. The van der Waals surface area contributed by atoms with E-state index in [1.165, 1.54) is 44.9 Å². The summed E-state index contributed by atoms with van der Waals surface area (Å²) in [6.07, 6.45) is 9.57. The van der Waals surface area contributed by atoms with E-state index in [2.05, 4.69) is 36.5 Å². The Labute approximate surface area is 111 Å². The monoisotopic (exact) mass is 243 g/mol. The van der Waals surface area contributed by atoms with E-state index in [1.54, 1.807) is 11.1 Å². The van der Waals surface area contributed by atoms with Crippen molar-refractivity contribution in [3.63, 3.8) is 0 Å². The quantitative estimate of drug-likeness (QED) is 0.837. The van der Waals surface area contributed by atoms with Crippen LogP contribution in [0, 0.1) is 5.92 Å². The van der Waals surface area contributed by atoms with Crippen LogP contribution in [0.4, 0.5) is 0 Å². The summed E-state index contributed by atoms with van der Waals surface area (Å²) >= 11 is 0. The first-order valence-electron chi connectivity index (χ1n) is 7.70. The van der Waals surface area contributed by atoms with E-state index in [0.29, 0.717) is 6.04 Å². The van der Waals surface area contributed by atoms with Crippen molar-refractivity contribution < 1.29 is 0 Å². The third-order valence-corrected chi connectivity index (χ3v) is 4.99. The highest BCUT2D eigenvalue weighted by molar-refractivity contribution is 5.34. The maximum absolute atomic E-state index is 3.92. The predicted octanol–water partition coefficient (Wildman–Crippen LogP) is 4.23. The van der Waals surface area contributed by atoms with Crippen LogP contribution in [-0.2, 0) is 6.42 Å². The van der Waals surface area contributed by atoms with Crippen LogP contribution < -0.4 is 5.32 Å². The van der Waals surface area contributed by atoms with E-state index in [1.807, 2.05) is 0 Å². The van der Waals surface area contributed by atoms with Crippen molar-refractivity contribution in [2.24, 2.45) is 5.92 Å². The number of hydrogen-bond acceptors (Lipinski definition) is 1. The van der Waals surface area contributed by atoms with Gasteiger partial charge in [0.1, 0.15) is 0 Å². The summed E-state index contributed by atoms with van der Waals surface area (Å²) in [7, 11) is 0. The summed E-state index contributed by atoms with van der Waals surface area (Å²) in [6.45, 7) is 2.34. The van der Waals surface area contributed by atoms with Crippen molar-refractivity contribution >= 4 is 0 Å². The number of fused-ring (bicyclic) bond motifs is 1. The van der Waals surface area contributed by atoms with Crippen molar-refractivity contribution in [3.8, 4) is 0 Å². The average Bonchev–Trinajstić information content (AvgIpc) is 2.83. The molecule has 98 valence electrons. The molecule has 0 aliphatic heterocycles. The SMILES string of the molecule is CCC1CCC(NC2CCc3ccccc32)CC1. The van der Waals surface area contributed by atoms with Gasteiger partial charge in [0, 0.05) is 12.1 Å². The Morgan fingerprint density at radius 3 is 2.61 bits per heavy atom. The maximum Gasteiger partial charge on any atom is 0.0328 e. The number of rotatable bonds is 3. The molecule has 1 nitrogen and oxygen atoms in total. The molecule has 2 aliphatic carbocycles. The number of hydrogen-bond donors (Lipinski definition) is 1. The summed E-state index contributed by atoms with van der Waals surface area (Å²) in [6, 6.07) is 10.4. The third-order valence-electron chi connectivity index (χ3n) is 4.99. The lowest BCUT2D eigenvalue weighted by Gasteiger charge is -2.31. The van der Waals surface area contributed by atoms with Crippen LogP contribution in [0.3, 0.4) is 0 Å². The molecule has 0 aromatic heterocycles. The molecule has 0 saturated heterocycles. The fourth-order valence-corrected chi connectivity index (χ4v) is 3.75. The second-order valence-corrected chi connectivity index (χ2v) is 6.08. The van der Waals surface area contributed by atoms with Crippen LogP contribution in [-0.4, -0.2) is 6.04 Å². The molecule has 0 bridgehead atoms. The van der Waals surface area contributed by atoms with Gasteiger partial charge < -0.3 is 5.32 Å². The standard InChI is InChI=1S/C17H25N/c1-2-13-7-10-15(11-8-13)18-17-12-9-14-5-3-4-6-16(14)17/h3-6,13,15,17-18H,2,7-12H2,1H3. The van der Waals surface area contributed by atoms with E-state index in [9.17, 15) is 0 Å².